The van der Waals surface area contributed by atoms with Gasteiger partial charge in [0.05, 0.1) is 5.56 Å². The summed E-state index contributed by atoms with van der Waals surface area (Å²) in [5, 5.41) is 6.42. The Balaban J connectivity index is 1.87. The van der Waals surface area contributed by atoms with Crippen molar-refractivity contribution in [1.29, 1.82) is 0 Å². The van der Waals surface area contributed by atoms with E-state index in [0.29, 0.717) is 5.56 Å². The molecule has 5 heteroatoms. The average Bonchev–Trinajstić information content (AvgIpc) is 2.84. The number of aryl methyl sites for hydroxylation is 2. The number of nitrogens with zero attached hydrogens (tertiary/aromatic N) is 2. The molecule has 0 aromatic carbocycles. The van der Waals surface area contributed by atoms with Gasteiger partial charge in [0.15, 0.2) is 0 Å². The summed E-state index contributed by atoms with van der Waals surface area (Å²) < 4.78 is 1.96. The van der Waals surface area contributed by atoms with Crippen LogP contribution in [0.4, 0.5) is 0 Å². The topological polar surface area (TPSA) is 58.4 Å². The van der Waals surface area contributed by atoms with Gasteiger partial charge in [-0.25, -0.2) is 4.98 Å². The van der Waals surface area contributed by atoms with Gasteiger partial charge in [0.2, 0.25) is 0 Å². The first-order valence-electron chi connectivity index (χ1n) is 7.12. The van der Waals surface area contributed by atoms with Crippen LogP contribution in [0, 0.1) is 13.8 Å². The van der Waals surface area contributed by atoms with E-state index < -0.39 is 0 Å². The predicted octanol–water partition coefficient (Wildman–Crippen LogP) is 1.43. The first-order chi connectivity index (χ1) is 9.65. The molecule has 106 valence electrons. The van der Waals surface area contributed by atoms with Crippen molar-refractivity contribution in [2.24, 2.45) is 0 Å². The third-order valence-corrected chi connectivity index (χ3v) is 3.86. The molecule has 1 fully saturated rings. The average molecular weight is 272 g/mol. The lowest BCUT2D eigenvalue weighted by atomic mass is 10.1. The van der Waals surface area contributed by atoms with Crippen LogP contribution in [0.25, 0.3) is 5.65 Å². The van der Waals surface area contributed by atoms with Gasteiger partial charge in [-0.3, -0.25) is 4.79 Å². The minimum Gasteiger partial charge on any atom is -0.349 e. The van der Waals surface area contributed by atoms with E-state index in [1.54, 1.807) is 0 Å². The molecule has 2 N–H and O–H groups in total. The molecule has 3 heterocycles. The van der Waals surface area contributed by atoms with Crippen molar-refractivity contribution >= 4 is 11.6 Å². The second-order valence-corrected chi connectivity index (χ2v) is 5.46. The van der Waals surface area contributed by atoms with E-state index in [2.05, 4.69) is 15.6 Å². The van der Waals surface area contributed by atoms with Crippen molar-refractivity contribution in [2.75, 3.05) is 13.1 Å². The molecular weight excluding hydrogens is 252 g/mol. The summed E-state index contributed by atoms with van der Waals surface area (Å²) in [5.74, 6) is -0.0168. The molecule has 0 aliphatic carbocycles. The molecule has 0 radical (unpaired) electrons. The molecule has 0 unspecified atom stereocenters. The molecule has 0 atom stereocenters. The van der Waals surface area contributed by atoms with E-state index in [9.17, 15) is 4.79 Å². The summed E-state index contributed by atoms with van der Waals surface area (Å²) in [6.07, 6.45) is 3.89. The van der Waals surface area contributed by atoms with Crippen LogP contribution < -0.4 is 10.6 Å². The van der Waals surface area contributed by atoms with E-state index in [1.807, 2.05) is 36.6 Å². The third kappa shape index (κ3) is 2.41. The number of piperidine rings is 1. The van der Waals surface area contributed by atoms with E-state index in [1.165, 1.54) is 0 Å². The van der Waals surface area contributed by atoms with Crippen LogP contribution in [0.15, 0.2) is 18.3 Å². The minimum absolute atomic E-state index is 0.0168. The maximum Gasteiger partial charge on any atom is 0.255 e. The fourth-order valence-corrected chi connectivity index (χ4v) is 2.80. The second kappa shape index (κ2) is 5.25. The highest BCUT2D eigenvalue weighted by Crippen LogP contribution is 2.15. The van der Waals surface area contributed by atoms with Crippen LogP contribution in [0.1, 0.15) is 34.6 Å². The van der Waals surface area contributed by atoms with Gasteiger partial charge in [-0.1, -0.05) is 0 Å². The third-order valence-electron chi connectivity index (χ3n) is 3.86. The highest BCUT2D eigenvalue weighted by atomic mass is 16.1. The van der Waals surface area contributed by atoms with Crippen LogP contribution in [0.2, 0.25) is 0 Å². The van der Waals surface area contributed by atoms with Gasteiger partial charge in [-0.2, -0.15) is 0 Å². The molecular formula is C15H20N4O. The molecule has 2 aromatic heterocycles. The van der Waals surface area contributed by atoms with E-state index in [0.717, 1.165) is 43.0 Å². The zero-order valence-electron chi connectivity index (χ0n) is 11.9. The maximum atomic E-state index is 12.4. The summed E-state index contributed by atoms with van der Waals surface area (Å²) in [6.45, 7) is 5.92. The zero-order chi connectivity index (χ0) is 14.1. The molecule has 1 amide bonds. The Kier molecular flexibility index (Phi) is 3.44. The van der Waals surface area contributed by atoms with Gasteiger partial charge in [-0.05, 0) is 51.9 Å². The van der Waals surface area contributed by atoms with Gasteiger partial charge in [-0.15, -0.1) is 0 Å². The van der Waals surface area contributed by atoms with Crippen LogP contribution in [0.3, 0.4) is 0 Å². The Morgan fingerprint density at radius 3 is 2.90 bits per heavy atom. The van der Waals surface area contributed by atoms with Gasteiger partial charge < -0.3 is 15.0 Å². The number of carbonyl (C=O) groups excluding carboxylic acids is 1. The van der Waals surface area contributed by atoms with Crippen LogP contribution in [-0.2, 0) is 0 Å². The van der Waals surface area contributed by atoms with Crippen LogP contribution in [0.5, 0.6) is 0 Å². The molecule has 1 saturated heterocycles. The molecule has 2 aromatic rings. The fourth-order valence-electron chi connectivity index (χ4n) is 2.80. The highest BCUT2D eigenvalue weighted by Gasteiger charge is 2.19. The quantitative estimate of drug-likeness (QED) is 0.869. The fraction of sp³-hybridized carbons (Fsp3) is 0.467. The second-order valence-electron chi connectivity index (χ2n) is 5.46. The summed E-state index contributed by atoms with van der Waals surface area (Å²) in [5.41, 5.74) is 3.43. The minimum atomic E-state index is -0.0168. The molecule has 20 heavy (non-hydrogen) atoms. The van der Waals surface area contributed by atoms with Gasteiger partial charge in [0, 0.05) is 23.6 Å². The number of hydrogen-bond acceptors (Lipinski definition) is 3. The molecule has 0 bridgehead atoms. The van der Waals surface area contributed by atoms with Crippen molar-refractivity contribution in [3.8, 4) is 0 Å². The Hall–Kier alpha value is -1.88. The van der Waals surface area contributed by atoms with Crippen LogP contribution in [-0.4, -0.2) is 34.4 Å². The largest absolute Gasteiger partial charge is 0.349 e. The molecule has 3 rings (SSSR count). The van der Waals surface area contributed by atoms with Crippen LogP contribution >= 0.6 is 0 Å². The Morgan fingerprint density at radius 2 is 2.15 bits per heavy atom. The van der Waals surface area contributed by atoms with E-state index in [-0.39, 0.29) is 11.9 Å². The highest BCUT2D eigenvalue weighted by molar-refractivity contribution is 6.00. The number of aromatic nitrogens is 2. The summed E-state index contributed by atoms with van der Waals surface area (Å²) in [4.78, 5) is 16.9. The summed E-state index contributed by atoms with van der Waals surface area (Å²) >= 11 is 0. The SMILES string of the molecule is Cc1cc(C)n2ccc(C(=O)NC3CCNCC3)c2n1. The predicted molar refractivity (Wildman–Crippen MR) is 78.0 cm³/mol. The Labute approximate surface area is 118 Å². The standard InChI is InChI=1S/C15H20N4O/c1-10-9-11(2)19-8-5-13(14(19)17-10)15(20)18-12-3-6-16-7-4-12/h5,8-9,12,16H,3-4,6-7H2,1-2H3,(H,18,20). The monoisotopic (exact) mass is 272 g/mol. The van der Waals surface area contributed by atoms with Crippen molar-refractivity contribution in [2.45, 2.75) is 32.7 Å². The van der Waals surface area contributed by atoms with E-state index in [4.69, 9.17) is 0 Å². The van der Waals surface area contributed by atoms with Gasteiger partial charge in [0.1, 0.15) is 5.65 Å². The number of fused-ring (bicyclic) bond motifs is 1. The number of amides is 1. The molecule has 0 saturated carbocycles. The lowest BCUT2D eigenvalue weighted by molar-refractivity contribution is 0.0931. The van der Waals surface area contributed by atoms with Crippen molar-refractivity contribution in [3.63, 3.8) is 0 Å². The van der Waals surface area contributed by atoms with Gasteiger partial charge in [0.25, 0.3) is 5.91 Å². The Morgan fingerprint density at radius 1 is 1.40 bits per heavy atom. The van der Waals surface area contributed by atoms with E-state index >= 15 is 0 Å². The zero-order valence-corrected chi connectivity index (χ0v) is 11.9. The molecule has 1 aliphatic heterocycles. The molecule has 0 spiro atoms. The Bertz CT molecular complexity index is 641. The number of carbonyl (C=O) groups is 1. The summed E-state index contributed by atoms with van der Waals surface area (Å²) in [7, 11) is 0. The first-order valence-corrected chi connectivity index (χ1v) is 7.12. The lowest BCUT2D eigenvalue weighted by Gasteiger charge is -2.23. The smallest absolute Gasteiger partial charge is 0.255 e. The van der Waals surface area contributed by atoms with Crippen molar-refractivity contribution in [3.05, 3.63) is 35.3 Å². The normalized spacial score (nSPS) is 16.5. The molecule has 5 nitrogen and oxygen atoms in total. The maximum absolute atomic E-state index is 12.4. The van der Waals surface area contributed by atoms with Crippen molar-refractivity contribution in [1.82, 2.24) is 20.0 Å². The number of hydrogen-bond donors (Lipinski definition) is 2. The molecule has 1 aliphatic rings. The van der Waals surface area contributed by atoms with Crippen molar-refractivity contribution < 1.29 is 4.79 Å². The number of nitrogens with one attached hydrogen (secondary N) is 2. The number of rotatable bonds is 2. The summed E-state index contributed by atoms with van der Waals surface area (Å²) in [6, 6.07) is 4.14. The first kappa shape index (κ1) is 13.1. The lowest BCUT2D eigenvalue weighted by Crippen LogP contribution is -2.42. The van der Waals surface area contributed by atoms with Gasteiger partial charge >= 0.3 is 0 Å².